The molecule has 3 aromatic rings. The van der Waals surface area contributed by atoms with Crippen molar-refractivity contribution >= 4 is 17.1 Å². The summed E-state index contributed by atoms with van der Waals surface area (Å²) in [6.45, 7) is 7.51. The third-order valence-electron chi connectivity index (χ3n) is 6.91. The molecule has 4 heterocycles. The van der Waals surface area contributed by atoms with Crippen LogP contribution in [-0.4, -0.2) is 61.7 Å². The topological polar surface area (TPSA) is 81.8 Å². The lowest BCUT2D eigenvalue weighted by Gasteiger charge is -2.37. The van der Waals surface area contributed by atoms with Gasteiger partial charge in [0.05, 0.1) is 41.8 Å². The molecule has 3 aliphatic rings. The van der Waals surface area contributed by atoms with Crippen molar-refractivity contribution in [3.63, 3.8) is 0 Å². The molecule has 188 valence electrons. The highest BCUT2D eigenvalue weighted by molar-refractivity contribution is 5.75. The summed E-state index contributed by atoms with van der Waals surface area (Å²) in [6.07, 6.45) is 2.48. The first-order chi connectivity index (χ1) is 16.7. The summed E-state index contributed by atoms with van der Waals surface area (Å²) < 4.78 is 46.4. The minimum absolute atomic E-state index is 0.0448. The minimum Gasteiger partial charge on any atom is -0.375 e. The Morgan fingerprint density at radius 1 is 1.03 bits per heavy atom. The van der Waals surface area contributed by atoms with Gasteiger partial charge >= 0.3 is 6.18 Å². The Bertz CT molecular complexity index is 1170. The van der Waals surface area contributed by atoms with Gasteiger partial charge in [-0.3, -0.25) is 4.68 Å². The van der Waals surface area contributed by atoms with Gasteiger partial charge in [0.25, 0.3) is 0 Å². The van der Waals surface area contributed by atoms with Crippen molar-refractivity contribution in [3.8, 4) is 0 Å². The fraction of sp³-hybridized carbons (Fsp3) is 0.625. The van der Waals surface area contributed by atoms with E-state index in [9.17, 15) is 13.2 Å². The van der Waals surface area contributed by atoms with Gasteiger partial charge < -0.3 is 9.64 Å². The molecule has 11 heteroatoms. The van der Waals surface area contributed by atoms with Gasteiger partial charge in [-0.05, 0) is 52.5 Å². The average Bonchev–Trinajstić information content (AvgIpc) is 3.47. The summed E-state index contributed by atoms with van der Waals surface area (Å²) in [5, 5.41) is 4.09. The van der Waals surface area contributed by atoms with Gasteiger partial charge in [-0.25, -0.2) is 15.0 Å². The van der Waals surface area contributed by atoms with E-state index in [4.69, 9.17) is 4.74 Å². The van der Waals surface area contributed by atoms with Crippen molar-refractivity contribution in [2.45, 2.75) is 70.7 Å². The predicted molar refractivity (Wildman–Crippen MR) is 124 cm³/mol. The van der Waals surface area contributed by atoms with Gasteiger partial charge in [-0.15, -0.1) is 0 Å². The predicted octanol–water partition coefficient (Wildman–Crippen LogP) is 4.54. The number of rotatable bonds is 3. The molecule has 3 fully saturated rings. The van der Waals surface area contributed by atoms with Crippen molar-refractivity contribution < 1.29 is 17.9 Å². The molecule has 35 heavy (non-hydrogen) atoms. The molecule has 0 bridgehead atoms. The summed E-state index contributed by atoms with van der Waals surface area (Å²) in [4.78, 5) is 20.3. The van der Waals surface area contributed by atoms with E-state index in [0.29, 0.717) is 42.5 Å². The summed E-state index contributed by atoms with van der Waals surface area (Å²) >= 11 is 0. The normalized spacial score (nSPS) is 24.6. The first-order valence-electron chi connectivity index (χ1n) is 12.1. The van der Waals surface area contributed by atoms with Crippen LogP contribution < -0.4 is 4.90 Å². The van der Waals surface area contributed by atoms with Crippen LogP contribution >= 0.6 is 0 Å². The summed E-state index contributed by atoms with van der Waals surface area (Å²) in [5.74, 6) is -1.03. The Labute approximate surface area is 201 Å². The third-order valence-corrected chi connectivity index (χ3v) is 6.91. The van der Waals surface area contributed by atoms with Crippen LogP contribution in [0, 0.1) is 19.8 Å². The summed E-state index contributed by atoms with van der Waals surface area (Å²) in [5.41, 5.74) is 3.06. The largest absolute Gasteiger partial charge is 0.391 e. The van der Waals surface area contributed by atoms with Gasteiger partial charge in [0.1, 0.15) is 5.52 Å². The Hall–Kier alpha value is -2.82. The Balaban J connectivity index is 0.000000265. The molecule has 2 saturated carbocycles. The molecular weight excluding hydrogens is 459 g/mol. The molecule has 0 amide bonds. The van der Waals surface area contributed by atoms with Crippen molar-refractivity contribution in [2.75, 3.05) is 24.6 Å². The van der Waals surface area contributed by atoms with E-state index >= 15 is 0 Å². The molecule has 0 N–H and O–H groups in total. The maximum absolute atomic E-state index is 13.0. The van der Waals surface area contributed by atoms with E-state index in [1.807, 2.05) is 48.8 Å². The zero-order valence-corrected chi connectivity index (χ0v) is 20.2. The second-order valence-electron chi connectivity index (χ2n) is 9.73. The zero-order chi connectivity index (χ0) is 24.7. The molecule has 1 aliphatic heterocycles. The van der Waals surface area contributed by atoms with E-state index < -0.39 is 12.1 Å². The fourth-order valence-corrected chi connectivity index (χ4v) is 4.49. The molecule has 0 spiro atoms. The van der Waals surface area contributed by atoms with Crippen LogP contribution in [0.1, 0.15) is 61.6 Å². The highest BCUT2D eigenvalue weighted by Crippen LogP contribution is 2.50. The molecule has 2 aliphatic carbocycles. The molecular formula is C24H30F3N7O. The Morgan fingerprint density at radius 2 is 1.77 bits per heavy atom. The Morgan fingerprint density at radius 3 is 2.40 bits per heavy atom. The van der Waals surface area contributed by atoms with Gasteiger partial charge in [-0.1, -0.05) is 0 Å². The van der Waals surface area contributed by atoms with E-state index in [-0.39, 0.29) is 24.9 Å². The number of hydrogen-bond donors (Lipinski definition) is 0. The smallest absolute Gasteiger partial charge is 0.375 e. The quantitative estimate of drug-likeness (QED) is 0.534. The van der Waals surface area contributed by atoms with Crippen LogP contribution in [0.3, 0.4) is 0 Å². The standard InChI is InChI=1S/C18H22F3N5O.C6H8N2/c1-9-8-26(4-5-27-9)17-24-14(12-6-13(7-12)18(19,20)21)15-16(25-17)23-11(3)10(2)22-15;1-4-7-8(5-1)6-2-3-6/h9,12-13H,4-8H2,1-3H3;1,4-6H,2-3H2. The highest BCUT2D eigenvalue weighted by atomic mass is 19.4. The molecule has 1 unspecified atom stereocenters. The maximum atomic E-state index is 13.0. The van der Waals surface area contributed by atoms with Crippen LogP contribution in [0.2, 0.25) is 0 Å². The first kappa shape index (κ1) is 23.9. The molecule has 8 nitrogen and oxygen atoms in total. The lowest BCUT2D eigenvalue weighted by Crippen LogP contribution is -2.42. The van der Waals surface area contributed by atoms with Crippen molar-refractivity contribution in [1.82, 2.24) is 29.7 Å². The van der Waals surface area contributed by atoms with Crippen LogP contribution in [0.25, 0.3) is 11.2 Å². The number of morpholine rings is 1. The van der Waals surface area contributed by atoms with Crippen molar-refractivity contribution in [1.29, 1.82) is 0 Å². The molecule has 6 rings (SSSR count). The number of aromatic nitrogens is 6. The summed E-state index contributed by atoms with van der Waals surface area (Å²) in [7, 11) is 0. The zero-order valence-electron chi connectivity index (χ0n) is 20.2. The number of fused-ring (bicyclic) bond motifs is 1. The number of anilines is 1. The molecule has 0 aromatic carbocycles. The van der Waals surface area contributed by atoms with Crippen molar-refractivity contribution in [2.24, 2.45) is 5.92 Å². The number of nitrogens with zero attached hydrogens (tertiary/aromatic N) is 7. The Kier molecular flexibility index (Phi) is 6.37. The fourth-order valence-electron chi connectivity index (χ4n) is 4.49. The number of alkyl halides is 3. The first-order valence-corrected chi connectivity index (χ1v) is 12.1. The number of ether oxygens (including phenoxy) is 1. The lowest BCUT2D eigenvalue weighted by molar-refractivity contribution is -0.197. The SMILES string of the molecule is Cc1nc2nc(N3CCOC(C)C3)nc(C3CC(C(F)(F)F)C3)c2nc1C.c1cnn(C2CC2)c1. The van der Waals surface area contributed by atoms with Gasteiger partial charge in [-0.2, -0.15) is 23.3 Å². The van der Waals surface area contributed by atoms with Crippen molar-refractivity contribution in [3.05, 3.63) is 35.5 Å². The summed E-state index contributed by atoms with van der Waals surface area (Å²) in [6, 6.07) is 2.71. The van der Waals surface area contributed by atoms with E-state index in [1.54, 1.807) is 0 Å². The minimum atomic E-state index is -4.15. The van der Waals surface area contributed by atoms with E-state index in [2.05, 4.69) is 25.0 Å². The lowest BCUT2D eigenvalue weighted by atomic mass is 9.72. The molecule has 1 saturated heterocycles. The van der Waals surface area contributed by atoms with E-state index in [1.165, 1.54) is 12.8 Å². The van der Waals surface area contributed by atoms with Gasteiger partial charge in [0.15, 0.2) is 5.65 Å². The number of aryl methyl sites for hydroxylation is 2. The molecule has 1 atom stereocenters. The van der Waals surface area contributed by atoms with Gasteiger partial charge in [0, 0.05) is 31.4 Å². The monoisotopic (exact) mass is 489 g/mol. The number of halogens is 3. The van der Waals surface area contributed by atoms with Crippen LogP contribution in [0.5, 0.6) is 0 Å². The average molecular weight is 490 g/mol. The molecule has 3 aromatic heterocycles. The second-order valence-corrected chi connectivity index (χ2v) is 9.73. The number of hydrogen-bond acceptors (Lipinski definition) is 7. The van der Waals surface area contributed by atoms with Gasteiger partial charge in [0.2, 0.25) is 5.95 Å². The van der Waals surface area contributed by atoms with Crippen LogP contribution in [0.4, 0.5) is 19.1 Å². The maximum Gasteiger partial charge on any atom is 0.391 e. The molecule has 0 radical (unpaired) electrons. The van der Waals surface area contributed by atoms with E-state index in [0.717, 1.165) is 17.4 Å². The second kappa shape index (κ2) is 9.33. The highest BCUT2D eigenvalue weighted by Gasteiger charge is 2.49. The third kappa shape index (κ3) is 5.24. The van der Waals surface area contributed by atoms with Crippen LogP contribution in [0.15, 0.2) is 18.5 Å². The van der Waals surface area contributed by atoms with Crippen LogP contribution in [-0.2, 0) is 4.74 Å².